The van der Waals surface area contributed by atoms with Crippen LogP contribution in [0.2, 0.25) is 0 Å². The van der Waals surface area contributed by atoms with Crippen molar-refractivity contribution in [3.63, 3.8) is 0 Å². The number of nitriles is 1. The second-order valence-corrected chi connectivity index (χ2v) is 3.61. The predicted molar refractivity (Wildman–Crippen MR) is 53.0 cm³/mol. The third-order valence-corrected chi connectivity index (χ3v) is 2.29. The molecule has 0 fully saturated rings. The molecule has 0 unspecified atom stereocenters. The van der Waals surface area contributed by atoms with E-state index in [0.717, 1.165) is 11.5 Å². The minimum atomic E-state index is 0.268. The fraction of sp³-hybridized carbons (Fsp3) is 0.375. The lowest BCUT2D eigenvalue weighted by Gasteiger charge is -2.00. The van der Waals surface area contributed by atoms with Gasteiger partial charge in [0.1, 0.15) is 23.3 Å². The van der Waals surface area contributed by atoms with Crippen LogP contribution in [-0.4, -0.2) is 15.7 Å². The van der Waals surface area contributed by atoms with Crippen molar-refractivity contribution in [2.24, 2.45) is 0 Å². The second-order valence-electron chi connectivity index (χ2n) is 2.33. The molecule has 13 heavy (non-hydrogen) atoms. The van der Waals surface area contributed by atoms with Gasteiger partial charge in [0, 0.05) is 0 Å². The Morgan fingerprint density at radius 1 is 1.69 bits per heavy atom. The third kappa shape index (κ3) is 2.60. The first kappa shape index (κ1) is 9.81. The van der Waals surface area contributed by atoms with E-state index in [1.165, 1.54) is 6.20 Å². The SMILES string of the molecule is CCSCc1ncc(C#N)c(N)n1. The summed E-state index contributed by atoms with van der Waals surface area (Å²) >= 11 is 1.72. The van der Waals surface area contributed by atoms with Gasteiger partial charge in [-0.25, -0.2) is 9.97 Å². The number of nitrogen functional groups attached to an aromatic ring is 1. The van der Waals surface area contributed by atoms with Crippen LogP contribution in [-0.2, 0) is 5.75 Å². The summed E-state index contributed by atoms with van der Waals surface area (Å²) in [5.41, 5.74) is 5.86. The van der Waals surface area contributed by atoms with Gasteiger partial charge in [0.2, 0.25) is 0 Å². The molecule has 0 saturated heterocycles. The first-order valence-corrected chi connectivity index (χ1v) is 5.02. The Labute approximate surface area is 81.2 Å². The van der Waals surface area contributed by atoms with E-state index < -0.39 is 0 Å². The first-order valence-electron chi connectivity index (χ1n) is 3.87. The predicted octanol–water partition coefficient (Wildman–Crippen LogP) is 1.18. The Bertz CT molecular complexity index is 331. The van der Waals surface area contributed by atoms with E-state index in [2.05, 4.69) is 16.9 Å². The first-order chi connectivity index (χ1) is 6.27. The molecule has 0 amide bonds. The van der Waals surface area contributed by atoms with Crippen LogP contribution in [0.4, 0.5) is 5.82 Å². The van der Waals surface area contributed by atoms with Crippen molar-refractivity contribution >= 4 is 17.6 Å². The Morgan fingerprint density at radius 3 is 3.00 bits per heavy atom. The lowest BCUT2D eigenvalue weighted by molar-refractivity contribution is 1.03. The summed E-state index contributed by atoms with van der Waals surface area (Å²) in [6.45, 7) is 2.07. The number of nitrogens with zero attached hydrogens (tertiary/aromatic N) is 3. The Kier molecular flexibility index (Phi) is 3.53. The smallest absolute Gasteiger partial charge is 0.145 e. The lowest BCUT2D eigenvalue weighted by atomic mass is 10.3. The molecular weight excluding hydrogens is 184 g/mol. The van der Waals surface area contributed by atoms with Gasteiger partial charge in [0.05, 0.1) is 11.9 Å². The summed E-state index contributed by atoms with van der Waals surface area (Å²) in [4.78, 5) is 8.02. The Morgan fingerprint density at radius 2 is 2.46 bits per heavy atom. The van der Waals surface area contributed by atoms with Gasteiger partial charge in [0.15, 0.2) is 0 Å². The monoisotopic (exact) mass is 194 g/mol. The summed E-state index contributed by atoms with van der Waals surface area (Å²) in [6, 6.07) is 1.92. The van der Waals surface area contributed by atoms with Crippen LogP contribution >= 0.6 is 11.8 Å². The van der Waals surface area contributed by atoms with Crippen molar-refractivity contribution in [3.05, 3.63) is 17.6 Å². The molecule has 4 nitrogen and oxygen atoms in total. The highest BCUT2D eigenvalue weighted by Gasteiger charge is 2.02. The lowest BCUT2D eigenvalue weighted by Crippen LogP contribution is -2.00. The third-order valence-electron chi connectivity index (χ3n) is 1.42. The van der Waals surface area contributed by atoms with Crippen LogP contribution in [0.1, 0.15) is 18.3 Å². The number of hydrogen-bond donors (Lipinski definition) is 1. The van der Waals surface area contributed by atoms with Crippen LogP contribution in [0.15, 0.2) is 6.20 Å². The van der Waals surface area contributed by atoms with Crippen molar-refractivity contribution < 1.29 is 0 Å². The average Bonchev–Trinajstić information content (AvgIpc) is 2.15. The molecule has 0 aliphatic carbocycles. The molecule has 2 N–H and O–H groups in total. The van der Waals surface area contributed by atoms with Crippen molar-refractivity contribution in [3.8, 4) is 6.07 Å². The molecule has 0 aromatic carbocycles. The van der Waals surface area contributed by atoms with E-state index in [9.17, 15) is 0 Å². The van der Waals surface area contributed by atoms with E-state index >= 15 is 0 Å². The maximum absolute atomic E-state index is 8.57. The molecule has 0 saturated carbocycles. The highest BCUT2D eigenvalue weighted by molar-refractivity contribution is 7.98. The topological polar surface area (TPSA) is 75.6 Å². The zero-order chi connectivity index (χ0) is 9.68. The maximum atomic E-state index is 8.57. The van der Waals surface area contributed by atoms with Gasteiger partial charge in [-0.2, -0.15) is 17.0 Å². The summed E-state index contributed by atoms with van der Waals surface area (Å²) in [5.74, 6) is 2.71. The Hall–Kier alpha value is -1.28. The summed E-state index contributed by atoms with van der Waals surface area (Å²) in [7, 11) is 0. The van der Waals surface area contributed by atoms with E-state index in [4.69, 9.17) is 11.0 Å². The molecule has 1 aromatic heterocycles. The number of hydrogen-bond acceptors (Lipinski definition) is 5. The van der Waals surface area contributed by atoms with Crippen molar-refractivity contribution in [1.29, 1.82) is 5.26 Å². The van der Waals surface area contributed by atoms with Crippen LogP contribution in [0.3, 0.4) is 0 Å². The second kappa shape index (κ2) is 4.67. The molecule has 0 atom stereocenters. The van der Waals surface area contributed by atoms with Gasteiger partial charge in [0.25, 0.3) is 0 Å². The number of thioether (sulfide) groups is 1. The van der Waals surface area contributed by atoms with E-state index in [1.807, 2.05) is 6.07 Å². The van der Waals surface area contributed by atoms with Gasteiger partial charge in [-0.3, -0.25) is 0 Å². The van der Waals surface area contributed by atoms with E-state index in [-0.39, 0.29) is 5.82 Å². The van der Waals surface area contributed by atoms with Crippen LogP contribution in [0, 0.1) is 11.3 Å². The fourth-order valence-corrected chi connectivity index (χ4v) is 1.31. The zero-order valence-corrected chi connectivity index (χ0v) is 8.14. The van der Waals surface area contributed by atoms with Gasteiger partial charge in [-0.05, 0) is 5.75 Å². The quantitative estimate of drug-likeness (QED) is 0.782. The standard InChI is InChI=1S/C8H10N4S/c1-2-13-5-7-11-4-6(3-9)8(10)12-7/h4H,2,5H2,1H3,(H2,10,11,12). The average molecular weight is 194 g/mol. The molecule has 0 aliphatic heterocycles. The highest BCUT2D eigenvalue weighted by Crippen LogP contribution is 2.10. The summed E-state index contributed by atoms with van der Waals surface area (Å²) < 4.78 is 0. The van der Waals surface area contributed by atoms with E-state index in [1.54, 1.807) is 11.8 Å². The zero-order valence-electron chi connectivity index (χ0n) is 7.32. The highest BCUT2D eigenvalue weighted by atomic mass is 32.2. The number of aromatic nitrogens is 2. The maximum Gasteiger partial charge on any atom is 0.145 e. The number of rotatable bonds is 3. The summed E-state index contributed by atoms with van der Waals surface area (Å²) in [6.07, 6.45) is 1.47. The van der Waals surface area contributed by atoms with Crippen molar-refractivity contribution in [2.75, 3.05) is 11.5 Å². The molecule has 0 bridgehead atoms. The largest absolute Gasteiger partial charge is 0.382 e. The normalized spacial score (nSPS) is 9.54. The van der Waals surface area contributed by atoms with Gasteiger partial charge < -0.3 is 5.73 Å². The van der Waals surface area contributed by atoms with Crippen LogP contribution < -0.4 is 5.73 Å². The molecule has 1 rings (SSSR count). The van der Waals surface area contributed by atoms with E-state index in [0.29, 0.717) is 11.4 Å². The molecule has 0 spiro atoms. The molecule has 1 aromatic rings. The molecule has 5 heteroatoms. The molecule has 0 aliphatic rings. The molecule has 0 radical (unpaired) electrons. The summed E-state index contributed by atoms with van der Waals surface area (Å²) in [5, 5.41) is 8.57. The number of nitrogens with two attached hydrogens (primary N) is 1. The van der Waals surface area contributed by atoms with Crippen molar-refractivity contribution in [1.82, 2.24) is 9.97 Å². The Balaban J connectivity index is 2.79. The fourth-order valence-electron chi connectivity index (χ4n) is 0.782. The molecule has 68 valence electrons. The molecule has 1 heterocycles. The minimum Gasteiger partial charge on any atom is -0.382 e. The van der Waals surface area contributed by atoms with Gasteiger partial charge in [-0.15, -0.1) is 0 Å². The van der Waals surface area contributed by atoms with Crippen LogP contribution in [0.5, 0.6) is 0 Å². The molecular formula is C8H10N4S. The van der Waals surface area contributed by atoms with Crippen molar-refractivity contribution in [2.45, 2.75) is 12.7 Å². The van der Waals surface area contributed by atoms with Gasteiger partial charge >= 0.3 is 0 Å². The van der Waals surface area contributed by atoms with Gasteiger partial charge in [-0.1, -0.05) is 6.92 Å². The number of anilines is 1. The minimum absolute atomic E-state index is 0.268. The van der Waals surface area contributed by atoms with Crippen LogP contribution in [0.25, 0.3) is 0 Å².